The molecule has 1 aromatic carbocycles. The molecular weight excluding hydrogens is 318 g/mol. The van der Waals surface area contributed by atoms with Crippen LogP contribution in [0.15, 0.2) is 24.3 Å². The average molecular weight is 350 g/mol. The van der Waals surface area contributed by atoms with Crippen molar-refractivity contribution >= 4 is 14.2 Å². The van der Waals surface area contributed by atoms with E-state index >= 15 is 0 Å². The first-order chi connectivity index (χ1) is 11.1. The maximum Gasteiger partial charge on any atom is 0.223 e. The second-order valence-electron chi connectivity index (χ2n) is 8.13. The van der Waals surface area contributed by atoms with Crippen molar-refractivity contribution < 1.29 is 14.0 Å². The molecule has 1 aliphatic heterocycles. The monoisotopic (exact) mass is 349 g/mol. The predicted octanol–water partition coefficient (Wildman–Crippen LogP) is 4.21. The van der Waals surface area contributed by atoms with Crippen molar-refractivity contribution in [2.24, 2.45) is 0 Å². The zero-order valence-electron chi connectivity index (χ0n) is 15.9. The first kappa shape index (κ1) is 19.0. The van der Waals surface area contributed by atoms with E-state index in [1.165, 1.54) is 0 Å². The molecule has 2 rings (SSSR count). The Morgan fingerprint density at radius 1 is 1.21 bits per heavy atom. The van der Waals surface area contributed by atoms with Crippen molar-refractivity contribution in [3.63, 3.8) is 0 Å². The van der Waals surface area contributed by atoms with Crippen LogP contribution < -0.4 is 4.74 Å². The Labute approximate surface area is 147 Å². The molecule has 1 heterocycles. The SMILES string of the molecule is COc1ccc(CN2C(=O)CC[C@H]2CO[Si](C)(C)C(C)(C)C)cc1. The van der Waals surface area contributed by atoms with Crippen LogP contribution in [0.25, 0.3) is 0 Å². The smallest absolute Gasteiger partial charge is 0.223 e. The molecule has 4 nitrogen and oxygen atoms in total. The first-order valence-electron chi connectivity index (χ1n) is 8.70. The minimum absolute atomic E-state index is 0.189. The Bertz CT molecular complexity index is 563. The maximum absolute atomic E-state index is 12.3. The van der Waals surface area contributed by atoms with E-state index in [1.807, 2.05) is 29.2 Å². The Balaban J connectivity index is 2.00. The molecule has 0 saturated carbocycles. The lowest BCUT2D eigenvalue weighted by Gasteiger charge is -2.38. The van der Waals surface area contributed by atoms with Gasteiger partial charge in [-0.15, -0.1) is 0 Å². The first-order valence-corrected chi connectivity index (χ1v) is 11.6. The molecule has 24 heavy (non-hydrogen) atoms. The van der Waals surface area contributed by atoms with Crippen LogP contribution in [0.5, 0.6) is 5.75 Å². The van der Waals surface area contributed by atoms with E-state index in [2.05, 4.69) is 33.9 Å². The molecule has 1 saturated heterocycles. The summed E-state index contributed by atoms with van der Waals surface area (Å²) in [4.78, 5) is 14.3. The molecule has 5 heteroatoms. The van der Waals surface area contributed by atoms with Crippen molar-refractivity contribution in [1.29, 1.82) is 0 Å². The van der Waals surface area contributed by atoms with Gasteiger partial charge in [0.15, 0.2) is 8.32 Å². The van der Waals surface area contributed by atoms with Crippen LogP contribution in [-0.2, 0) is 15.8 Å². The molecule has 1 aromatic rings. The van der Waals surface area contributed by atoms with Gasteiger partial charge in [-0.2, -0.15) is 0 Å². The third kappa shape index (κ3) is 4.39. The fourth-order valence-corrected chi connectivity index (χ4v) is 3.67. The van der Waals surface area contributed by atoms with Crippen molar-refractivity contribution in [2.45, 2.75) is 64.3 Å². The van der Waals surface area contributed by atoms with E-state index in [1.54, 1.807) is 7.11 Å². The number of hydrogen-bond acceptors (Lipinski definition) is 3. The summed E-state index contributed by atoms with van der Waals surface area (Å²) >= 11 is 0. The molecule has 1 amide bonds. The summed E-state index contributed by atoms with van der Waals surface area (Å²) in [5.74, 6) is 1.07. The second kappa shape index (κ2) is 7.27. The number of rotatable bonds is 6. The van der Waals surface area contributed by atoms with Crippen LogP contribution in [0.2, 0.25) is 18.1 Å². The predicted molar refractivity (Wildman–Crippen MR) is 99.7 cm³/mol. The third-order valence-electron chi connectivity index (χ3n) is 5.41. The Morgan fingerprint density at radius 3 is 2.38 bits per heavy atom. The molecular formula is C19H31NO3Si. The van der Waals surface area contributed by atoms with E-state index in [4.69, 9.17) is 9.16 Å². The molecule has 134 valence electrons. The minimum atomic E-state index is -1.78. The van der Waals surface area contributed by atoms with Crippen LogP contribution >= 0.6 is 0 Å². The van der Waals surface area contributed by atoms with E-state index < -0.39 is 8.32 Å². The molecule has 0 N–H and O–H groups in total. The van der Waals surface area contributed by atoms with E-state index in [-0.39, 0.29) is 17.0 Å². The Hall–Kier alpha value is -1.33. The molecule has 0 radical (unpaired) electrons. The van der Waals surface area contributed by atoms with Crippen LogP contribution in [0, 0.1) is 0 Å². The summed E-state index contributed by atoms with van der Waals surface area (Å²) in [6.07, 6.45) is 1.52. The summed E-state index contributed by atoms with van der Waals surface area (Å²) < 4.78 is 11.5. The number of benzene rings is 1. The highest BCUT2D eigenvalue weighted by molar-refractivity contribution is 6.74. The standard InChI is InChI=1S/C19H31NO3Si/c1-19(2,3)24(5,6)23-14-16-9-12-18(21)20(16)13-15-7-10-17(22-4)11-8-15/h7-8,10-11,16H,9,12-14H2,1-6H3/t16-/m0/s1. The van der Waals surface area contributed by atoms with Gasteiger partial charge in [-0.25, -0.2) is 0 Å². The molecule has 0 unspecified atom stereocenters. The summed E-state index contributed by atoms with van der Waals surface area (Å²) in [6.45, 7) is 12.6. The summed E-state index contributed by atoms with van der Waals surface area (Å²) in [5, 5.41) is 0.191. The largest absolute Gasteiger partial charge is 0.497 e. The Kier molecular flexibility index (Phi) is 5.76. The Morgan fingerprint density at radius 2 is 1.83 bits per heavy atom. The molecule has 0 aromatic heterocycles. The van der Waals surface area contributed by atoms with E-state index in [0.29, 0.717) is 19.6 Å². The van der Waals surface area contributed by atoms with Crippen LogP contribution in [-0.4, -0.2) is 38.9 Å². The summed E-state index contributed by atoms with van der Waals surface area (Å²) in [6, 6.07) is 8.12. The molecule has 1 aliphatic rings. The van der Waals surface area contributed by atoms with Gasteiger partial charge in [-0.05, 0) is 42.2 Å². The number of carbonyl (C=O) groups excluding carboxylic acids is 1. The number of hydrogen-bond donors (Lipinski definition) is 0. The van der Waals surface area contributed by atoms with Gasteiger partial charge >= 0.3 is 0 Å². The zero-order valence-corrected chi connectivity index (χ0v) is 16.9. The lowest BCUT2D eigenvalue weighted by molar-refractivity contribution is -0.130. The number of carbonyl (C=O) groups is 1. The lowest BCUT2D eigenvalue weighted by atomic mass is 10.2. The van der Waals surface area contributed by atoms with Gasteiger partial charge in [0.25, 0.3) is 0 Å². The van der Waals surface area contributed by atoms with Crippen molar-refractivity contribution in [3.05, 3.63) is 29.8 Å². The number of amides is 1. The van der Waals surface area contributed by atoms with Gasteiger partial charge in [0, 0.05) is 13.0 Å². The summed E-state index contributed by atoms with van der Waals surface area (Å²) in [5.41, 5.74) is 1.13. The quantitative estimate of drug-likeness (QED) is 0.722. The van der Waals surface area contributed by atoms with Gasteiger partial charge in [0.2, 0.25) is 5.91 Å². The van der Waals surface area contributed by atoms with Crippen molar-refractivity contribution in [1.82, 2.24) is 4.90 Å². The maximum atomic E-state index is 12.3. The highest BCUT2D eigenvalue weighted by Crippen LogP contribution is 2.37. The van der Waals surface area contributed by atoms with Crippen molar-refractivity contribution in [2.75, 3.05) is 13.7 Å². The molecule has 1 fully saturated rings. The van der Waals surface area contributed by atoms with Crippen LogP contribution in [0.3, 0.4) is 0 Å². The van der Waals surface area contributed by atoms with Gasteiger partial charge < -0.3 is 14.1 Å². The molecule has 0 aliphatic carbocycles. The lowest BCUT2D eigenvalue weighted by Crippen LogP contribution is -2.45. The van der Waals surface area contributed by atoms with E-state index in [9.17, 15) is 4.79 Å². The normalized spacial score (nSPS) is 19.0. The van der Waals surface area contributed by atoms with Gasteiger partial charge in [-0.3, -0.25) is 4.79 Å². The highest BCUT2D eigenvalue weighted by Gasteiger charge is 2.39. The topological polar surface area (TPSA) is 38.8 Å². The minimum Gasteiger partial charge on any atom is -0.497 e. The fourth-order valence-electron chi connectivity index (χ4n) is 2.63. The molecule has 0 spiro atoms. The second-order valence-corrected chi connectivity index (χ2v) is 12.9. The van der Waals surface area contributed by atoms with Crippen LogP contribution in [0.4, 0.5) is 0 Å². The number of nitrogens with zero attached hydrogens (tertiary/aromatic N) is 1. The fraction of sp³-hybridized carbons (Fsp3) is 0.632. The molecule has 0 bridgehead atoms. The van der Waals surface area contributed by atoms with Crippen LogP contribution in [0.1, 0.15) is 39.2 Å². The third-order valence-corrected chi connectivity index (χ3v) is 9.91. The average Bonchev–Trinajstić information content (AvgIpc) is 2.85. The number of methoxy groups -OCH3 is 1. The zero-order chi connectivity index (χ0) is 18.0. The van der Waals surface area contributed by atoms with Gasteiger partial charge in [-0.1, -0.05) is 32.9 Å². The van der Waals surface area contributed by atoms with E-state index in [0.717, 1.165) is 17.7 Å². The summed E-state index contributed by atoms with van der Waals surface area (Å²) in [7, 11) is -0.123. The van der Waals surface area contributed by atoms with Gasteiger partial charge in [0.1, 0.15) is 5.75 Å². The number of likely N-dealkylation sites (tertiary alicyclic amines) is 1. The molecule has 1 atom stereocenters. The number of ether oxygens (including phenoxy) is 1. The highest BCUT2D eigenvalue weighted by atomic mass is 28.4. The van der Waals surface area contributed by atoms with Crippen molar-refractivity contribution in [3.8, 4) is 5.75 Å². The van der Waals surface area contributed by atoms with Gasteiger partial charge in [0.05, 0.1) is 19.8 Å².